The maximum absolute atomic E-state index is 12.4. The molecule has 0 atom stereocenters. The average Bonchev–Trinajstić information content (AvgIpc) is 2.78. The van der Waals surface area contributed by atoms with Crippen molar-refractivity contribution in [2.24, 2.45) is 0 Å². The number of rotatable bonds is 7. The number of amides is 1. The predicted octanol–water partition coefficient (Wildman–Crippen LogP) is 5.58. The van der Waals surface area contributed by atoms with E-state index in [-0.39, 0.29) is 5.57 Å². The zero-order valence-corrected chi connectivity index (χ0v) is 17.8. The first-order valence-corrected chi connectivity index (χ1v) is 9.91. The van der Waals surface area contributed by atoms with Gasteiger partial charge in [0.15, 0.2) is 0 Å². The minimum absolute atomic E-state index is 0.00994. The largest absolute Gasteiger partial charge is 0.497 e. The van der Waals surface area contributed by atoms with Crippen LogP contribution in [-0.4, -0.2) is 13.0 Å². The zero-order chi connectivity index (χ0) is 21.3. The molecule has 0 spiro atoms. The number of halogens is 1. The van der Waals surface area contributed by atoms with Crippen molar-refractivity contribution in [3.63, 3.8) is 0 Å². The third kappa shape index (κ3) is 5.97. The molecule has 0 saturated carbocycles. The van der Waals surface area contributed by atoms with Crippen LogP contribution in [-0.2, 0) is 11.4 Å². The molecule has 0 aliphatic carbocycles. The Hall–Kier alpha value is -3.56. The van der Waals surface area contributed by atoms with Gasteiger partial charge in [-0.05, 0) is 65.7 Å². The summed E-state index contributed by atoms with van der Waals surface area (Å²) in [6.45, 7) is 0.447. The van der Waals surface area contributed by atoms with Crippen molar-refractivity contribution in [2.45, 2.75) is 6.61 Å². The molecule has 3 aromatic carbocycles. The smallest absolute Gasteiger partial charge is 0.266 e. The van der Waals surface area contributed by atoms with Gasteiger partial charge < -0.3 is 14.8 Å². The molecule has 150 valence electrons. The van der Waals surface area contributed by atoms with Crippen molar-refractivity contribution in [1.82, 2.24) is 0 Å². The van der Waals surface area contributed by atoms with Crippen LogP contribution in [0.3, 0.4) is 0 Å². The lowest BCUT2D eigenvalue weighted by Gasteiger charge is -2.08. The number of nitriles is 1. The topological polar surface area (TPSA) is 71.3 Å². The molecule has 0 fully saturated rings. The van der Waals surface area contributed by atoms with Crippen LogP contribution in [0.4, 0.5) is 5.69 Å². The molecule has 0 aliphatic rings. The first kappa shape index (κ1) is 21.2. The lowest BCUT2D eigenvalue weighted by molar-refractivity contribution is -0.112. The number of hydrogen-bond donors (Lipinski definition) is 1. The lowest BCUT2D eigenvalue weighted by Crippen LogP contribution is -2.13. The summed E-state index contributed by atoms with van der Waals surface area (Å²) in [5.41, 5.74) is 2.37. The van der Waals surface area contributed by atoms with Gasteiger partial charge in [0.1, 0.15) is 29.7 Å². The highest BCUT2D eigenvalue weighted by molar-refractivity contribution is 9.10. The van der Waals surface area contributed by atoms with Gasteiger partial charge in [0.05, 0.1) is 7.11 Å². The van der Waals surface area contributed by atoms with Gasteiger partial charge in [0.2, 0.25) is 0 Å². The molecule has 0 aliphatic heterocycles. The maximum Gasteiger partial charge on any atom is 0.266 e. The second-order valence-corrected chi connectivity index (χ2v) is 7.25. The van der Waals surface area contributed by atoms with Gasteiger partial charge >= 0.3 is 0 Å². The number of nitrogens with one attached hydrogen (secondary N) is 1. The van der Waals surface area contributed by atoms with Crippen LogP contribution in [0.2, 0.25) is 0 Å². The average molecular weight is 463 g/mol. The molecular weight excluding hydrogens is 444 g/mol. The SMILES string of the molecule is COc1ccc(/C=C(\C#N)C(=O)Nc2ccc(OCc3ccc(Br)cc3)cc2)cc1. The van der Waals surface area contributed by atoms with Gasteiger partial charge in [-0.1, -0.05) is 40.2 Å². The summed E-state index contributed by atoms with van der Waals surface area (Å²) < 4.78 is 11.9. The standard InChI is InChI=1S/C24H19BrN2O3/c1-29-22-10-4-17(5-11-22)14-19(15-26)24(28)27-21-8-12-23(13-9-21)30-16-18-2-6-20(25)7-3-18/h2-14H,16H2,1H3,(H,27,28)/b19-14+. The quantitative estimate of drug-likeness (QED) is 0.367. The van der Waals surface area contributed by atoms with Crippen molar-refractivity contribution in [2.75, 3.05) is 12.4 Å². The first-order chi connectivity index (χ1) is 14.6. The Labute approximate surface area is 183 Å². The Morgan fingerprint density at radius 1 is 1.00 bits per heavy atom. The molecule has 0 heterocycles. The third-order valence-electron chi connectivity index (χ3n) is 4.22. The van der Waals surface area contributed by atoms with Gasteiger partial charge in [-0.15, -0.1) is 0 Å². The summed E-state index contributed by atoms with van der Waals surface area (Å²) in [4.78, 5) is 12.4. The van der Waals surface area contributed by atoms with Crippen LogP contribution in [0, 0.1) is 11.3 Å². The van der Waals surface area contributed by atoms with Crippen LogP contribution in [0.15, 0.2) is 82.8 Å². The highest BCUT2D eigenvalue weighted by atomic mass is 79.9. The molecule has 0 saturated heterocycles. The van der Waals surface area contributed by atoms with Crippen molar-refractivity contribution in [1.29, 1.82) is 5.26 Å². The van der Waals surface area contributed by atoms with E-state index in [1.54, 1.807) is 55.6 Å². The van der Waals surface area contributed by atoms with E-state index in [2.05, 4.69) is 21.2 Å². The Balaban J connectivity index is 1.60. The summed E-state index contributed by atoms with van der Waals surface area (Å²) in [5, 5.41) is 12.1. The van der Waals surface area contributed by atoms with Gasteiger partial charge in [-0.2, -0.15) is 5.26 Å². The van der Waals surface area contributed by atoms with Crippen molar-refractivity contribution in [3.8, 4) is 17.6 Å². The second kappa shape index (κ2) is 10.3. The highest BCUT2D eigenvalue weighted by Gasteiger charge is 2.10. The summed E-state index contributed by atoms with van der Waals surface area (Å²) >= 11 is 3.40. The minimum atomic E-state index is -0.475. The van der Waals surface area contributed by atoms with Gasteiger partial charge in [-0.3, -0.25) is 4.79 Å². The van der Waals surface area contributed by atoms with Gasteiger partial charge in [0, 0.05) is 10.2 Å². The Morgan fingerprint density at radius 2 is 1.63 bits per heavy atom. The van der Waals surface area contributed by atoms with E-state index in [0.29, 0.717) is 23.8 Å². The molecule has 0 radical (unpaired) electrons. The molecule has 30 heavy (non-hydrogen) atoms. The summed E-state index contributed by atoms with van der Waals surface area (Å²) in [5.74, 6) is 0.916. The Morgan fingerprint density at radius 3 is 2.23 bits per heavy atom. The number of nitrogens with zero attached hydrogens (tertiary/aromatic N) is 1. The van der Waals surface area contributed by atoms with E-state index in [9.17, 15) is 10.1 Å². The fourth-order valence-corrected chi connectivity index (χ4v) is 2.86. The number of anilines is 1. The summed E-state index contributed by atoms with van der Waals surface area (Å²) in [6.07, 6.45) is 1.53. The fourth-order valence-electron chi connectivity index (χ4n) is 2.60. The molecule has 1 N–H and O–H groups in total. The van der Waals surface area contributed by atoms with Crippen LogP contribution >= 0.6 is 15.9 Å². The molecule has 0 unspecified atom stereocenters. The van der Waals surface area contributed by atoms with Crippen LogP contribution in [0.5, 0.6) is 11.5 Å². The fraction of sp³-hybridized carbons (Fsp3) is 0.0833. The first-order valence-electron chi connectivity index (χ1n) is 9.12. The van der Waals surface area contributed by atoms with E-state index in [4.69, 9.17) is 9.47 Å². The van der Waals surface area contributed by atoms with E-state index in [0.717, 1.165) is 15.6 Å². The van der Waals surface area contributed by atoms with E-state index in [1.807, 2.05) is 30.3 Å². The molecular formula is C24H19BrN2O3. The number of ether oxygens (including phenoxy) is 2. The predicted molar refractivity (Wildman–Crippen MR) is 120 cm³/mol. The second-order valence-electron chi connectivity index (χ2n) is 6.34. The lowest BCUT2D eigenvalue weighted by atomic mass is 10.1. The molecule has 3 rings (SSSR count). The van der Waals surface area contributed by atoms with Crippen LogP contribution in [0.25, 0.3) is 6.08 Å². The molecule has 1 amide bonds. The zero-order valence-electron chi connectivity index (χ0n) is 16.3. The normalized spacial score (nSPS) is 10.8. The number of benzene rings is 3. The van der Waals surface area contributed by atoms with Gasteiger partial charge in [0.25, 0.3) is 5.91 Å². The number of carbonyl (C=O) groups excluding carboxylic acids is 1. The molecule has 6 heteroatoms. The van der Waals surface area contributed by atoms with E-state index in [1.165, 1.54) is 6.08 Å². The molecule has 3 aromatic rings. The Bertz CT molecular complexity index is 1070. The number of carbonyl (C=O) groups is 1. The van der Waals surface area contributed by atoms with Crippen molar-refractivity contribution in [3.05, 3.63) is 94.0 Å². The highest BCUT2D eigenvalue weighted by Crippen LogP contribution is 2.19. The Kier molecular flexibility index (Phi) is 7.25. The van der Waals surface area contributed by atoms with Gasteiger partial charge in [-0.25, -0.2) is 0 Å². The van der Waals surface area contributed by atoms with Crippen LogP contribution < -0.4 is 14.8 Å². The number of hydrogen-bond acceptors (Lipinski definition) is 4. The summed E-state index contributed by atoms with van der Waals surface area (Å²) in [6, 6.07) is 23.9. The molecule has 5 nitrogen and oxygen atoms in total. The minimum Gasteiger partial charge on any atom is -0.497 e. The maximum atomic E-state index is 12.4. The summed E-state index contributed by atoms with van der Waals surface area (Å²) in [7, 11) is 1.58. The number of methoxy groups -OCH3 is 1. The molecule has 0 aromatic heterocycles. The van der Waals surface area contributed by atoms with Crippen LogP contribution in [0.1, 0.15) is 11.1 Å². The third-order valence-corrected chi connectivity index (χ3v) is 4.75. The van der Waals surface area contributed by atoms with Crippen molar-refractivity contribution >= 4 is 33.6 Å². The monoisotopic (exact) mass is 462 g/mol. The molecule has 0 bridgehead atoms. The van der Waals surface area contributed by atoms with Crippen molar-refractivity contribution < 1.29 is 14.3 Å². The van der Waals surface area contributed by atoms with E-state index < -0.39 is 5.91 Å². The van der Waals surface area contributed by atoms with E-state index >= 15 is 0 Å².